The molecule has 1 aromatic carbocycles. The monoisotopic (exact) mass is 397 g/mol. The van der Waals surface area contributed by atoms with Crippen LogP contribution in [0.4, 0.5) is 0 Å². The van der Waals surface area contributed by atoms with Crippen LogP contribution in [0.3, 0.4) is 0 Å². The molecule has 8 nitrogen and oxygen atoms in total. The molecule has 1 spiro atoms. The molecule has 1 saturated heterocycles. The van der Waals surface area contributed by atoms with E-state index in [0.717, 1.165) is 4.90 Å². The Balaban J connectivity index is 1.90. The molecular formula is C21H19NO7. The van der Waals surface area contributed by atoms with Gasteiger partial charge in [0.25, 0.3) is 17.5 Å². The highest BCUT2D eigenvalue weighted by Crippen LogP contribution is 2.67. The van der Waals surface area contributed by atoms with Gasteiger partial charge < -0.3 is 29.4 Å². The van der Waals surface area contributed by atoms with E-state index in [4.69, 9.17) is 9.15 Å². The molecular weight excluding hydrogens is 378 g/mol. The number of rotatable bonds is 3. The van der Waals surface area contributed by atoms with E-state index in [1.165, 1.54) is 30.7 Å². The predicted molar refractivity (Wildman–Crippen MR) is 97.5 cm³/mol. The van der Waals surface area contributed by atoms with E-state index in [2.05, 4.69) is 0 Å². The third-order valence-corrected chi connectivity index (χ3v) is 5.90. The summed E-state index contributed by atoms with van der Waals surface area (Å²) >= 11 is 0. The first-order chi connectivity index (χ1) is 13.7. The van der Waals surface area contributed by atoms with Crippen LogP contribution in [0.2, 0.25) is 0 Å². The number of ether oxygens (including phenoxy) is 1. The molecule has 1 aromatic heterocycles. The first-order valence-electron chi connectivity index (χ1n) is 9.27. The molecule has 29 heavy (non-hydrogen) atoms. The fourth-order valence-electron chi connectivity index (χ4n) is 4.88. The van der Waals surface area contributed by atoms with Gasteiger partial charge in [0.15, 0.2) is 0 Å². The second-order valence-corrected chi connectivity index (χ2v) is 8.03. The molecule has 0 saturated carbocycles. The summed E-state index contributed by atoms with van der Waals surface area (Å²) < 4.78 is 11.0. The Morgan fingerprint density at radius 3 is 2.38 bits per heavy atom. The maximum atomic E-state index is 13.1. The Morgan fingerprint density at radius 2 is 1.76 bits per heavy atom. The Morgan fingerprint density at radius 1 is 1.07 bits per heavy atom. The number of carbonyl (C=O) groups excluding carboxylic acids is 2. The summed E-state index contributed by atoms with van der Waals surface area (Å²) in [5.74, 6) is -7.23. The number of nitrogens with zero attached hydrogens (tertiary/aromatic N) is 1. The molecule has 150 valence electrons. The van der Waals surface area contributed by atoms with Crippen molar-refractivity contribution in [1.29, 1.82) is 0 Å². The number of likely N-dealkylation sites (tertiary alicyclic amines) is 1. The zero-order valence-electron chi connectivity index (χ0n) is 15.7. The van der Waals surface area contributed by atoms with Crippen molar-refractivity contribution < 1.29 is 34.1 Å². The minimum Gasteiger partial charge on any atom is -0.472 e. The average Bonchev–Trinajstić information content (AvgIpc) is 3.37. The SMILES string of the molecule is CC(C)CN1C(=O)C(=O)C2=C(c3ccoc3)O[C@@]3(O)c4ccccc4C(O)(O)[C@@]213. The fraction of sp³-hybridized carbons (Fsp3) is 0.333. The lowest BCUT2D eigenvalue weighted by atomic mass is 9.78. The van der Waals surface area contributed by atoms with E-state index in [0.29, 0.717) is 5.56 Å². The number of aliphatic hydroxyl groups is 3. The van der Waals surface area contributed by atoms with Crippen molar-refractivity contribution in [1.82, 2.24) is 4.90 Å². The number of Topliss-reactive ketones (excluding diaryl/α,β-unsaturated/α-hetero) is 1. The first-order valence-corrected chi connectivity index (χ1v) is 9.27. The topological polar surface area (TPSA) is 120 Å². The normalized spacial score (nSPS) is 29.4. The number of hydrogen-bond donors (Lipinski definition) is 3. The van der Waals surface area contributed by atoms with Crippen LogP contribution >= 0.6 is 0 Å². The van der Waals surface area contributed by atoms with Gasteiger partial charge in [-0.25, -0.2) is 0 Å². The molecule has 2 aromatic rings. The summed E-state index contributed by atoms with van der Waals surface area (Å²) in [5, 5.41) is 34.6. The molecule has 1 amide bonds. The molecule has 0 radical (unpaired) electrons. The lowest BCUT2D eigenvalue weighted by Gasteiger charge is -2.45. The van der Waals surface area contributed by atoms with Crippen LogP contribution in [0.15, 0.2) is 52.8 Å². The van der Waals surface area contributed by atoms with Crippen molar-refractivity contribution in [3.63, 3.8) is 0 Å². The van der Waals surface area contributed by atoms with Crippen molar-refractivity contribution in [2.45, 2.75) is 31.0 Å². The number of ketones is 1. The van der Waals surface area contributed by atoms with Crippen molar-refractivity contribution in [3.8, 4) is 0 Å². The maximum Gasteiger partial charge on any atom is 0.296 e. The number of amides is 1. The fourth-order valence-corrected chi connectivity index (χ4v) is 4.88. The number of furan rings is 1. The van der Waals surface area contributed by atoms with Crippen LogP contribution in [-0.4, -0.2) is 44.0 Å². The molecule has 1 aliphatic carbocycles. The average molecular weight is 397 g/mol. The molecule has 3 aliphatic rings. The highest BCUT2D eigenvalue weighted by Gasteiger charge is 2.85. The zero-order chi connectivity index (χ0) is 20.8. The van der Waals surface area contributed by atoms with Crippen molar-refractivity contribution in [2.75, 3.05) is 6.54 Å². The van der Waals surface area contributed by atoms with E-state index in [1.807, 2.05) is 13.8 Å². The molecule has 3 heterocycles. The van der Waals surface area contributed by atoms with Gasteiger partial charge in [-0.15, -0.1) is 0 Å². The van der Waals surface area contributed by atoms with Gasteiger partial charge in [0.2, 0.25) is 11.3 Å². The molecule has 2 aliphatic heterocycles. The second kappa shape index (κ2) is 5.35. The number of carbonyl (C=O) groups is 2. The van der Waals surface area contributed by atoms with Crippen LogP contribution < -0.4 is 0 Å². The van der Waals surface area contributed by atoms with Crippen LogP contribution in [-0.2, 0) is 25.9 Å². The Hall–Kier alpha value is -2.94. The molecule has 0 unspecified atom stereocenters. The number of hydrogen-bond acceptors (Lipinski definition) is 7. The second-order valence-electron chi connectivity index (χ2n) is 8.03. The van der Waals surface area contributed by atoms with E-state index >= 15 is 0 Å². The van der Waals surface area contributed by atoms with E-state index in [9.17, 15) is 24.9 Å². The lowest BCUT2D eigenvalue weighted by Crippen LogP contribution is -2.66. The van der Waals surface area contributed by atoms with Gasteiger partial charge in [-0.2, -0.15) is 0 Å². The van der Waals surface area contributed by atoms with Gasteiger partial charge in [0.1, 0.15) is 12.0 Å². The third kappa shape index (κ3) is 1.80. The zero-order valence-corrected chi connectivity index (χ0v) is 15.7. The molecule has 3 N–H and O–H groups in total. The summed E-state index contributed by atoms with van der Waals surface area (Å²) in [4.78, 5) is 27.2. The summed E-state index contributed by atoms with van der Waals surface area (Å²) in [6.07, 6.45) is 2.65. The van der Waals surface area contributed by atoms with E-state index in [-0.39, 0.29) is 34.9 Å². The summed E-state index contributed by atoms with van der Waals surface area (Å²) in [7, 11) is 0. The van der Waals surface area contributed by atoms with Crippen molar-refractivity contribution in [3.05, 3.63) is 65.1 Å². The van der Waals surface area contributed by atoms with Gasteiger partial charge in [0, 0.05) is 17.7 Å². The predicted octanol–water partition coefficient (Wildman–Crippen LogP) is 0.823. The molecule has 8 heteroatoms. The van der Waals surface area contributed by atoms with Crippen LogP contribution in [0.5, 0.6) is 0 Å². The van der Waals surface area contributed by atoms with Gasteiger partial charge in [0.05, 0.1) is 17.4 Å². The number of benzene rings is 1. The van der Waals surface area contributed by atoms with Gasteiger partial charge in [-0.3, -0.25) is 9.59 Å². The largest absolute Gasteiger partial charge is 0.472 e. The Labute approximate surface area is 165 Å². The lowest BCUT2D eigenvalue weighted by molar-refractivity contribution is -0.312. The number of fused-ring (bicyclic) bond motifs is 2. The quantitative estimate of drug-likeness (QED) is 0.518. The summed E-state index contributed by atoms with van der Waals surface area (Å²) in [5.41, 5.74) is -2.16. The maximum absolute atomic E-state index is 13.1. The van der Waals surface area contributed by atoms with Gasteiger partial charge >= 0.3 is 0 Å². The van der Waals surface area contributed by atoms with Crippen molar-refractivity contribution >= 4 is 17.4 Å². The highest BCUT2D eigenvalue weighted by molar-refractivity contribution is 6.48. The van der Waals surface area contributed by atoms with E-state index < -0.39 is 28.8 Å². The first kappa shape index (κ1) is 18.1. The van der Waals surface area contributed by atoms with Crippen LogP contribution in [0, 0.1) is 5.92 Å². The van der Waals surface area contributed by atoms with E-state index in [1.54, 1.807) is 12.1 Å². The van der Waals surface area contributed by atoms with Crippen molar-refractivity contribution in [2.24, 2.45) is 5.92 Å². The molecule has 1 fully saturated rings. The minimum absolute atomic E-state index is 0.00920. The van der Waals surface area contributed by atoms with Gasteiger partial charge in [-0.1, -0.05) is 38.1 Å². The smallest absolute Gasteiger partial charge is 0.296 e. The minimum atomic E-state index is -2.77. The molecule has 0 bridgehead atoms. The Kier molecular flexibility index (Phi) is 3.34. The summed E-state index contributed by atoms with van der Waals surface area (Å²) in [6.45, 7) is 3.65. The third-order valence-electron chi connectivity index (χ3n) is 5.90. The molecule has 5 rings (SSSR count). The molecule has 2 atom stereocenters. The summed E-state index contributed by atoms with van der Waals surface area (Å²) in [6, 6.07) is 7.61. The van der Waals surface area contributed by atoms with Gasteiger partial charge in [-0.05, 0) is 12.0 Å². The standard InChI is InChI=1S/C21H19NO7/c1-11(2)9-22-18(24)16(23)15-17(12-7-8-28-10-12)29-21(27)14-6-4-3-5-13(14)20(25,26)19(15,21)22/h3-8,10-11,25-27H,9H2,1-2H3/t19-,21+/m1/s1. The van der Waals surface area contributed by atoms with Crippen LogP contribution in [0.25, 0.3) is 5.76 Å². The van der Waals surface area contributed by atoms with Crippen LogP contribution in [0.1, 0.15) is 30.5 Å². The Bertz CT molecular complexity index is 1080. The highest BCUT2D eigenvalue weighted by atomic mass is 16.6.